The topological polar surface area (TPSA) is 110 Å². The number of anilines is 2. The first-order valence-electron chi connectivity index (χ1n) is 10.5. The molecular formula is C22H26BrN5O3S. The van der Waals surface area contributed by atoms with Gasteiger partial charge in [0.2, 0.25) is 16.0 Å². The second-order valence-electron chi connectivity index (χ2n) is 8.18. The van der Waals surface area contributed by atoms with E-state index in [2.05, 4.69) is 50.0 Å². The molecule has 1 saturated heterocycles. The predicted octanol–water partition coefficient (Wildman–Crippen LogP) is 4.03. The normalized spacial score (nSPS) is 15.9. The van der Waals surface area contributed by atoms with E-state index in [9.17, 15) is 8.42 Å². The van der Waals surface area contributed by atoms with Gasteiger partial charge in [-0.1, -0.05) is 15.9 Å². The fraction of sp³-hybridized carbons (Fsp3) is 0.364. The molecule has 4 rings (SSSR count). The molecule has 0 saturated carbocycles. The molecule has 0 aliphatic carbocycles. The van der Waals surface area contributed by atoms with Gasteiger partial charge in [0.25, 0.3) is 0 Å². The maximum Gasteiger partial charge on any atom is 0.238 e. The van der Waals surface area contributed by atoms with E-state index < -0.39 is 10.0 Å². The minimum absolute atomic E-state index is 0.0477. The third-order valence-electron chi connectivity index (χ3n) is 5.55. The quantitative estimate of drug-likeness (QED) is 0.505. The lowest BCUT2D eigenvalue weighted by Crippen LogP contribution is -2.41. The Morgan fingerprint density at radius 3 is 2.50 bits per heavy atom. The molecule has 2 heterocycles. The van der Waals surface area contributed by atoms with Crippen molar-refractivity contribution in [1.82, 2.24) is 14.9 Å². The van der Waals surface area contributed by atoms with E-state index in [1.165, 1.54) is 12.1 Å². The summed E-state index contributed by atoms with van der Waals surface area (Å²) in [4.78, 5) is 11.6. The zero-order chi connectivity index (χ0) is 22.9. The third kappa shape index (κ3) is 5.37. The fourth-order valence-corrected chi connectivity index (χ4v) is 4.74. The molecule has 1 aliphatic rings. The highest BCUT2D eigenvalue weighted by Gasteiger charge is 2.23. The van der Waals surface area contributed by atoms with Gasteiger partial charge in [-0.05, 0) is 63.1 Å². The van der Waals surface area contributed by atoms with Crippen LogP contribution in [0.4, 0.5) is 11.6 Å². The van der Waals surface area contributed by atoms with Gasteiger partial charge in [0.1, 0.15) is 17.4 Å². The minimum Gasteiger partial charge on any atom is -0.488 e. The summed E-state index contributed by atoms with van der Waals surface area (Å²) in [6.07, 6.45) is 3.82. The van der Waals surface area contributed by atoms with E-state index in [-0.39, 0.29) is 11.0 Å². The van der Waals surface area contributed by atoms with Crippen LogP contribution in [0.1, 0.15) is 26.7 Å². The summed E-state index contributed by atoms with van der Waals surface area (Å²) < 4.78 is 30.2. The standard InChI is InChI=1S/C22H26BrN5O3S/c1-14(2)28-9-7-18(8-10-28)31-20-12-16(23)11-15-13-25-22(27-21(15)20)26-17-3-5-19(6-4-17)32(24,29)30/h3-6,11-14,18H,7-10H2,1-2H3,(H2,24,29,30)(H,25,26,27). The largest absolute Gasteiger partial charge is 0.488 e. The Labute approximate surface area is 196 Å². The Hall–Kier alpha value is -2.27. The van der Waals surface area contributed by atoms with Crippen molar-refractivity contribution in [3.05, 3.63) is 47.1 Å². The maximum atomic E-state index is 11.4. The first-order valence-corrected chi connectivity index (χ1v) is 12.8. The number of nitrogens with zero attached hydrogens (tertiary/aromatic N) is 3. The highest BCUT2D eigenvalue weighted by atomic mass is 79.9. The van der Waals surface area contributed by atoms with Crippen LogP contribution in [0.3, 0.4) is 0 Å². The lowest BCUT2D eigenvalue weighted by Gasteiger charge is -2.34. The number of primary sulfonamides is 1. The van der Waals surface area contributed by atoms with Crippen molar-refractivity contribution in [2.45, 2.75) is 43.7 Å². The highest BCUT2D eigenvalue weighted by Crippen LogP contribution is 2.32. The number of hydrogen-bond acceptors (Lipinski definition) is 7. The second-order valence-corrected chi connectivity index (χ2v) is 10.7. The van der Waals surface area contributed by atoms with Crippen LogP contribution in [0.2, 0.25) is 0 Å². The fourth-order valence-electron chi connectivity index (χ4n) is 3.77. The molecule has 3 N–H and O–H groups in total. The minimum atomic E-state index is -3.74. The zero-order valence-electron chi connectivity index (χ0n) is 18.0. The first-order chi connectivity index (χ1) is 15.2. The Morgan fingerprint density at radius 2 is 1.88 bits per heavy atom. The van der Waals surface area contributed by atoms with Gasteiger partial charge < -0.3 is 15.0 Å². The molecule has 1 aliphatic heterocycles. The zero-order valence-corrected chi connectivity index (χ0v) is 20.4. The van der Waals surface area contributed by atoms with Crippen molar-refractivity contribution in [3.63, 3.8) is 0 Å². The number of halogens is 1. The Bertz CT molecular complexity index is 1210. The summed E-state index contributed by atoms with van der Waals surface area (Å²) in [6, 6.07) is 10.6. The molecule has 1 fully saturated rings. The van der Waals surface area contributed by atoms with Crippen molar-refractivity contribution in [3.8, 4) is 5.75 Å². The molecule has 0 radical (unpaired) electrons. The Morgan fingerprint density at radius 1 is 1.19 bits per heavy atom. The lowest BCUT2D eigenvalue weighted by atomic mass is 10.1. The van der Waals surface area contributed by atoms with E-state index in [0.717, 1.165) is 41.3 Å². The Balaban J connectivity index is 1.56. The van der Waals surface area contributed by atoms with Crippen LogP contribution in [0.5, 0.6) is 5.75 Å². The molecule has 3 aromatic rings. The predicted molar refractivity (Wildman–Crippen MR) is 129 cm³/mol. The van der Waals surface area contributed by atoms with Crippen LogP contribution in [0, 0.1) is 0 Å². The monoisotopic (exact) mass is 519 g/mol. The van der Waals surface area contributed by atoms with Gasteiger partial charge in [-0.25, -0.2) is 23.5 Å². The van der Waals surface area contributed by atoms with Crippen LogP contribution in [-0.2, 0) is 10.0 Å². The molecule has 0 bridgehead atoms. The molecule has 1 aromatic heterocycles. The van der Waals surface area contributed by atoms with Crippen molar-refractivity contribution < 1.29 is 13.2 Å². The van der Waals surface area contributed by atoms with Crippen LogP contribution in [0.15, 0.2) is 52.0 Å². The molecule has 8 nitrogen and oxygen atoms in total. The summed E-state index contributed by atoms with van der Waals surface area (Å²) in [5.41, 5.74) is 1.37. The number of nitrogens with two attached hydrogens (primary N) is 1. The summed E-state index contributed by atoms with van der Waals surface area (Å²) in [5.74, 6) is 1.11. The lowest BCUT2D eigenvalue weighted by molar-refractivity contribution is 0.0851. The van der Waals surface area contributed by atoms with Gasteiger partial charge in [-0.2, -0.15) is 0 Å². The van der Waals surface area contributed by atoms with Crippen LogP contribution >= 0.6 is 15.9 Å². The molecular weight excluding hydrogens is 494 g/mol. The van der Waals surface area contributed by atoms with Gasteiger partial charge in [-0.15, -0.1) is 0 Å². The van der Waals surface area contributed by atoms with Crippen LogP contribution in [0.25, 0.3) is 10.9 Å². The number of hydrogen-bond donors (Lipinski definition) is 2. The Kier molecular flexibility index (Phi) is 6.66. The van der Waals surface area contributed by atoms with E-state index in [1.54, 1.807) is 18.3 Å². The smallest absolute Gasteiger partial charge is 0.238 e. The average Bonchev–Trinajstić information content (AvgIpc) is 2.74. The first kappa shape index (κ1) is 22.9. The number of benzene rings is 2. The van der Waals surface area contributed by atoms with Gasteiger partial charge >= 0.3 is 0 Å². The van der Waals surface area contributed by atoms with E-state index in [0.29, 0.717) is 23.4 Å². The van der Waals surface area contributed by atoms with Crippen molar-refractivity contribution >= 4 is 48.5 Å². The van der Waals surface area contributed by atoms with E-state index in [1.807, 2.05) is 12.1 Å². The van der Waals surface area contributed by atoms with Crippen LogP contribution < -0.4 is 15.2 Å². The van der Waals surface area contributed by atoms with Crippen LogP contribution in [-0.4, -0.2) is 48.5 Å². The number of ether oxygens (including phenoxy) is 1. The van der Waals surface area contributed by atoms with E-state index >= 15 is 0 Å². The summed E-state index contributed by atoms with van der Waals surface area (Å²) in [7, 11) is -3.74. The molecule has 0 atom stereocenters. The molecule has 0 unspecified atom stereocenters. The molecule has 170 valence electrons. The van der Waals surface area contributed by atoms with Crippen molar-refractivity contribution in [1.29, 1.82) is 0 Å². The summed E-state index contributed by atoms with van der Waals surface area (Å²) in [6.45, 7) is 6.48. The van der Waals surface area contributed by atoms with Crippen molar-refractivity contribution in [2.75, 3.05) is 18.4 Å². The molecule has 32 heavy (non-hydrogen) atoms. The van der Waals surface area contributed by atoms with Gasteiger partial charge in [0.15, 0.2) is 0 Å². The highest BCUT2D eigenvalue weighted by molar-refractivity contribution is 9.10. The third-order valence-corrected chi connectivity index (χ3v) is 6.94. The summed E-state index contributed by atoms with van der Waals surface area (Å²) in [5, 5.41) is 9.13. The summed E-state index contributed by atoms with van der Waals surface area (Å²) >= 11 is 3.55. The van der Waals surface area contributed by atoms with Gasteiger partial charge in [-0.3, -0.25) is 0 Å². The van der Waals surface area contributed by atoms with Gasteiger partial charge in [0.05, 0.1) is 4.90 Å². The number of likely N-dealkylation sites (tertiary alicyclic amines) is 1. The molecule has 0 amide bonds. The maximum absolute atomic E-state index is 11.4. The van der Waals surface area contributed by atoms with Gasteiger partial charge in [0, 0.05) is 40.9 Å². The number of aromatic nitrogens is 2. The molecule has 0 spiro atoms. The van der Waals surface area contributed by atoms with Crippen molar-refractivity contribution in [2.24, 2.45) is 5.14 Å². The molecule has 10 heteroatoms. The average molecular weight is 520 g/mol. The number of nitrogens with one attached hydrogen (secondary N) is 1. The molecule has 2 aromatic carbocycles. The number of piperidine rings is 1. The number of rotatable bonds is 6. The van der Waals surface area contributed by atoms with E-state index in [4.69, 9.17) is 9.88 Å². The number of fused-ring (bicyclic) bond motifs is 1. The number of sulfonamides is 1. The SMILES string of the molecule is CC(C)N1CCC(Oc2cc(Br)cc3cnc(Nc4ccc(S(N)(=O)=O)cc4)nc23)CC1. The second kappa shape index (κ2) is 9.30.